The number of hydrogen-bond donors (Lipinski definition) is 4. The summed E-state index contributed by atoms with van der Waals surface area (Å²) < 4.78 is 0. The quantitative estimate of drug-likeness (QED) is 0.348. The smallest absolute Gasteiger partial charge is 0.254 e. The topological polar surface area (TPSA) is 112 Å². The average molecular weight is 483 g/mol. The molecule has 1 heterocycles. The maximum absolute atomic E-state index is 13.2. The lowest BCUT2D eigenvalue weighted by Crippen LogP contribution is -2.32. The number of aromatic hydroxyl groups is 1. The minimum Gasteiger partial charge on any atom is -0.508 e. The third-order valence-electron chi connectivity index (χ3n) is 5.55. The molecule has 0 saturated heterocycles. The Morgan fingerprint density at radius 3 is 2.65 bits per heavy atom. The van der Waals surface area contributed by atoms with Crippen LogP contribution >= 0.6 is 11.6 Å². The van der Waals surface area contributed by atoms with E-state index in [1.54, 1.807) is 41.4 Å². The number of nitrogen functional groups attached to an aromatic ring is 1. The zero-order valence-electron chi connectivity index (χ0n) is 19.4. The minimum absolute atomic E-state index is 0.0762. The van der Waals surface area contributed by atoms with E-state index < -0.39 is 6.10 Å². The summed E-state index contributed by atoms with van der Waals surface area (Å²) in [7, 11) is 0. The van der Waals surface area contributed by atoms with Gasteiger partial charge in [0.05, 0.1) is 6.10 Å². The molecular weight excluding hydrogens is 452 g/mol. The Morgan fingerprint density at radius 2 is 1.97 bits per heavy atom. The first kappa shape index (κ1) is 25.5. The second kappa shape index (κ2) is 11.8. The van der Waals surface area contributed by atoms with Crippen LogP contribution in [-0.2, 0) is 13.0 Å². The number of nitrogens with one attached hydrogen (secondary N) is 1. The van der Waals surface area contributed by atoms with Crippen molar-refractivity contribution >= 4 is 23.3 Å². The highest BCUT2D eigenvalue weighted by molar-refractivity contribution is 6.30. The van der Waals surface area contributed by atoms with Gasteiger partial charge >= 0.3 is 0 Å². The molecule has 34 heavy (non-hydrogen) atoms. The Bertz CT molecular complexity index is 1090. The first-order valence-corrected chi connectivity index (χ1v) is 11.6. The van der Waals surface area contributed by atoms with Crippen LogP contribution in [-0.4, -0.2) is 45.1 Å². The second-order valence-corrected chi connectivity index (χ2v) is 8.82. The van der Waals surface area contributed by atoms with Crippen molar-refractivity contribution < 1.29 is 15.0 Å². The minimum atomic E-state index is -0.687. The molecular formula is C26H31ClN4O3. The first-order chi connectivity index (χ1) is 16.2. The summed E-state index contributed by atoms with van der Waals surface area (Å²) in [6.07, 6.45) is 1.58. The van der Waals surface area contributed by atoms with Crippen LogP contribution in [0.3, 0.4) is 0 Å². The number of nitrogens with zero attached hydrogens (tertiary/aromatic N) is 2. The van der Waals surface area contributed by atoms with Crippen molar-refractivity contribution in [2.75, 3.05) is 18.8 Å². The number of benzene rings is 2. The molecule has 0 spiro atoms. The molecule has 7 nitrogen and oxygen atoms in total. The monoisotopic (exact) mass is 482 g/mol. The number of aromatic nitrogens is 1. The lowest BCUT2D eigenvalue weighted by Gasteiger charge is -2.22. The fourth-order valence-corrected chi connectivity index (χ4v) is 4.01. The Labute approximate surface area is 205 Å². The van der Waals surface area contributed by atoms with E-state index in [4.69, 9.17) is 17.3 Å². The third kappa shape index (κ3) is 7.18. The van der Waals surface area contributed by atoms with Crippen molar-refractivity contribution in [2.45, 2.75) is 39.0 Å². The molecule has 1 aromatic heterocycles. The van der Waals surface area contributed by atoms with Crippen LogP contribution in [0.2, 0.25) is 5.02 Å². The van der Waals surface area contributed by atoms with E-state index in [1.165, 1.54) is 6.07 Å². The Morgan fingerprint density at radius 1 is 1.18 bits per heavy atom. The average Bonchev–Trinajstić information content (AvgIpc) is 2.80. The van der Waals surface area contributed by atoms with Crippen molar-refractivity contribution in [1.82, 2.24) is 15.2 Å². The van der Waals surface area contributed by atoms with Crippen LogP contribution in [0.1, 0.15) is 47.0 Å². The number of aliphatic hydroxyl groups is 1. The number of phenols is 1. The predicted molar refractivity (Wildman–Crippen MR) is 135 cm³/mol. The van der Waals surface area contributed by atoms with Gasteiger partial charge in [-0.1, -0.05) is 29.8 Å². The molecule has 5 N–H and O–H groups in total. The van der Waals surface area contributed by atoms with E-state index in [2.05, 4.69) is 10.3 Å². The highest BCUT2D eigenvalue weighted by Gasteiger charge is 2.17. The number of nitrogens with two attached hydrogens (primary N) is 1. The molecule has 0 aliphatic rings. The largest absolute Gasteiger partial charge is 0.508 e. The molecule has 3 aromatic rings. The van der Waals surface area contributed by atoms with E-state index in [0.29, 0.717) is 48.0 Å². The summed E-state index contributed by atoms with van der Waals surface area (Å²) in [4.78, 5) is 18.9. The van der Waals surface area contributed by atoms with Crippen LogP contribution in [0.25, 0.3) is 0 Å². The van der Waals surface area contributed by atoms with E-state index in [-0.39, 0.29) is 17.7 Å². The van der Waals surface area contributed by atoms with Gasteiger partial charge in [0.15, 0.2) is 0 Å². The van der Waals surface area contributed by atoms with Crippen LogP contribution in [0, 0.1) is 0 Å². The van der Waals surface area contributed by atoms with Gasteiger partial charge in [0, 0.05) is 48.0 Å². The summed E-state index contributed by atoms with van der Waals surface area (Å²) >= 11 is 6.04. The maximum Gasteiger partial charge on any atom is 0.254 e. The van der Waals surface area contributed by atoms with Crippen LogP contribution < -0.4 is 11.1 Å². The van der Waals surface area contributed by atoms with Crippen molar-refractivity contribution in [2.24, 2.45) is 0 Å². The number of rotatable bonds is 10. The number of phenolic OH excluding ortho intramolecular Hbond substituents is 1. The molecule has 1 amide bonds. The van der Waals surface area contributed by atoms with E-state index >= 15 is 0 Å². The predicted octanol–water partition coefficient (Wildman–Crippen LogP) is 3.94. The number of carbonyl (C=O) groups is 1. The zero-order valence-corrected chi connectivity index (χ0v) is 20.2. The van der Waals surface area contributed by atoms with E-state index in [1.807, 2.05) is 32.0 Å². The molecule has 0 aliphatic heterocycles. The molecule has 0 fully saturated rings. The summed E-state index contributed by atoms with van der Waals surface area (Å²) in [5, 5.41) is 23.9. The van der Waals surface area contributed by atoms with Crippen molar-refractivity contribution in [1.29, 1.82) is 0 Å². The Hall–Kier alpha value is -3.13. The van der Waals surface area contributed by atoms with Crippen LogP contribution in [0.5, 0.6) is 5.75 Å². The number of carbonyl (C=O) groups excluding carboxylic acids is 1. The third-order valence-corrected chi connectivity index (χ3v) is 5.77. The van der Waals surface area contributed by atoms with E-state index in [9.17, 15) is 15.0 Å². The normalized spacial score (nSPS) is 12.8. The fourth-order valence-electron chi connectivity index (χ4n) is 3.76. The van der Waals surface area contributed by atoms with Gasteiger partial charge in [0.1, 0.15) is 11.6 Å². The molecule has 8 heteroatoms. The summed E-state index contributed by atoms with van der Waals surface area (Å²) in [6.45, 7) is 5.20. The Balaban J connectivity index is 1.60. The number of anilines is 1. The second-order valence-electron chi connectivity index (χ2n) is 8.38. The maximum atomic E-state index is 13.2. The van der Waals surface area contributed by atoms with Crippen molar-refractivity contribution in [3.63, 3.8) is 0 Å². The van der Waals surface area contributed by atoms with E-state index in [0.717, 1.165) is 11.1 Å². The number of pyridine rings is 1. The molecule has 0 saturated carbocycles. The first-order valence-electron chi connectivity index (χ1n) is 11.2. The SMILES string of the molecule is CCN(Cc1cc(O)cc(Cl)c1)C(=O)c1cccc(C[C@@H](C)NC[C@H](O)c2ccc(N)nc2)c1. The van der Waals surface area contributed by atoms with Crippen molar-refractivity contribution in [3.05, 3.63) is 88.1 Å². The lowest BCUT2D eigenvalue weighted by atomic mass is 10.0. The number of halogens is 1. The highest BCUT2D eigenvalue weighted by atomic mass is 35.5. The van der Waals surface area contributed by atoms with Gasteiger partial charge in [0.25, 0.3) is 5.91 Å². The molecule has 2 atom stereocenters. The number of aliphatic hydroxyl groups excluding tert-OH is 1. The summed E-state index contributed by atoms with van der Waals surface area (Å²) in [6, 6.07) is 15.9. The fraction of sp³-hybridized carbons (Fsp3) is 0.308. The molecule has 0 aliphatic carbocycles. The van der Waals surface area contributed by atoms with Gasteiger partial charge in [-0.25, -0.2) is 4.98 Å². The molecule has 2 aromatic carbocycles. The molecule has 0 unspecified atom stereocenters. The standard InChI is InChI=1S/C26H31ClN4O3/c1-3-31(16-19-11-22(27)13-23(32)12-19)26(34)20-6-4-5-18(10-20)9-17(2)29-15-24(33)21-7-8-25(28)30-14-21/h4-8,10-14,17,24,29,32-33H,3,9,15-16H2,1-2H3,(H2,28,30)/t17-,24+/m1/s1. The Kier molecular flexibility index (Phi) is 8.87. The van der Waals surface area contributed by atoms with Gasteiger partial charge in [-0.2, -0.15) is 0 Å². The molecule has 0 radical (unpaired) electrons. The van der Waals surface area contributed by atoms with Gasteiger partial charge < -0.3 is 26.2 Å². The van der Waals surface area contributed by atoms with Gasteiger partial charge in [-0.3, -0.25) is 4.79 Å². The van der Waals surface area contributed by atoms with Crippen LogP contribution in [0.15, 0.2) is 60.8 Å². The molecule has 3 rings (SSSR count). The lowest BCUT2D eigenvalue weighted by molar-refractivity contribution is 0.0752. The van der Waals surface area contributed by atoms with Gasteiger partial charge in [-0.05, 0) is 67.8 Å². The highest BCUT2D eigenvalue weighted by Crippen LogP contribution is 2.22. The van der Waals surface area contributed by atoms with Gasteiger partial charge in [-0.15, -0.1) is 0 Å². The summed E-state index contributed by atoms with van der Waals surface area (Å²) in [5.41, 5.74) is 8.69. The van der Waals surface area contributed by atoms with Crippen LogP contribution in [0.4, 0.5) is 5.82 Å². The van der Waals surface area contributed by atoms with Gasteiger partial charge in [0.2, 0.25) is 0 Å². The van der Waals surface area contributed by atoms with Crippen molar-refractivity contribution in [3.8, 4) is 5.75 Å². The molecule has 180 valence electrons. The molecule has 0 bridgehead atoms. The zero-order chi connectivity index (χ0) is 24.7. The number of amides is 1. The number of hydrogen-bond acceptors (Lipinski definition) is 6. The summed E-state index contributed by atoms with van der Waals surface area (Å²) in [5.74, 6) is 0.405.